The van der Waals surface area contributed by atoms with Gasteiger partial charge in [-0.25, -0.2) is 8.42 Å². The molecule has 1 fully saturated rings. The molecule has 0 amide bonds. The molecule has 0 aliphatic carbocycles. The molecule has 1 saturated heterocycles. The van der Waals surface area contributed by atoms with Crippen LogP contribution < -0.4 is 4.90 Å². The van der Waals surface area contributed by atoms with Gasteiger partial charge in [-0.3, -0.25) is 0 Å². The molecule has 0 unspecified atom stereocenters. The molecule has 5 heteroatoms. The summed E-state index contributed by atoms with van der Waals surface area (Å²) in [4.78, 5) is 4.90. The van der Waals surface area contributed by atoms with Crippen LogP contribution in [0.3, 0.4) is 0 Å². The highest BCUT2D eigenvalue weighted by Crippen LogP contribution is 2.26. The van der Waals surface area contributed by atoms with Gasteiger partial charge in [0.25, 0.3) is 0 Å². The van der Waals surface area contributed by atoms with Crippen molar-refractivity contribution in [2.75, 3.05) is 43.9 Å². The maximum absolute atomic E-state index is 12.1. The summed E-state index contributed by atoms with van der Waals surface area (Å²) in [5.41, 5.74) is 0.854. The third-order valence-corrected chi connectivity index (χ3v) is 5.20. The summed E-state index contributed by atoms with van der Waals surface area (Å²) in [6.07, 6.45) is 0. The second kappa shape index (κ2) is 5.28. The van der Waals surface area contributed by atoms with Gasteiger partial charge in [-0.1, -0.05) is 19.1 Å². The van der Waals surface area contributed by atoms with Gasteiger partial charge >= 0.3 is 0 Å². The Hall–Kier alpha value is -1.07. The van der Waals surface area contributed by atoms with Crippen molar-refractivity contribution in [3.63, 3.8) is 0 Å². The van der Waals surface area contributed by atoms with E-state index >= 15 is 0 Å². The van der Waals surface area contributed by atoms with Crippen LogP contribution in [0.4, 0.5) is 5.69 Å². The van der Waals surface area contributed by atoms with Crippen molar-refractivity contribution >= 4 is 15.5 Å². The molecule has 2 rings (SSSR count). The fourth-order valence-electron chi connectivity index (χ4n) is 2.18. The highest BCUT2D eigenvalue weighted by Gasteiger charge is 2.22. The minimum atomic E-state index is -3.15. The molecule has 1 aliphatic heterocycles. The highest BCUT2D eigenvalue weighted by molar-refractivity contribution is 7.91. The first kappa shape index (κ1) is 13.4. The third kappa shape index (κ3) is 2.67. The minimum Gasteiger partial charge on any atom is -0.368 e. The van der Waals surface area contributed by atoms with E-state index in [0.29, 0.717) is 4.90 Å². The van der Waals surface area contributed by atoms with Crippen LogP contribution in [0.1, 0.15) is 6.92 Å². The number of piperazine rings is 1. The monoisotopic (exact) mass is 268 g/mol. The van der Waals surface area contributed by atoms with E-state index in [1.54, 1.807) is 19.1 Å². The average molecular weight is 268 g/mol. The topological polar surface area (TPSA) is 40.6 Å². The first-order chi connectivity index (χ1) is 8.54. The minimum absolute atomic E-state index is 0.151. The Labute approximate surface area is 109 Å². The number of hydrogen-bond donors (Lipinski definition) is 0. The van der Waals surface area contributed by atoms with E-state index in [4.69, 9.17) is 0 Å². The van der Waals surface area contributed by atoms with E-state index in [1.165, 1.54) is 0 Å². The van der Waals surface area contributed by atoms with Gasteiger partial charge in [0.1, 0.15) is 0 Å². The van der Waals surface area contributed by atoms with Gasteiger partial charge in [-0.05, 0) is 19.2 Å². The molecular weight excluding hydrogens is 248 g/mol. The van der Waals surface area contributed by atoms with Gasteiger partial charge in [0.2, 0.25) is 0 Å². The smallest absolute Gasteiger partial charge is 0.180 e. The SMILES string of the molecule is CCS(=O)(=O)c1ccccc1N1CCN(C)CC1. The summed E-state index contributed by atoms with van der Waals surface area (Å²) in [6.45, 7) is 5.40. The summed E-state index contributed by atoms with van der Waals surface area (Å²) < 4.78 is 24.2. The second-order valence-electron chi connectivity index (χ2n) is 4.66. The molecule has 18 heavy (non-hydrogen) atoms. The zero-order valence-electron chi connectivity index (χ0n) is 11.0. The number of para-hydroxylation sites is 1. The number of rotatable bonds is 3. The molecule has 0 spiro atoms. The predicted octanol–water partition coefficient (Wildman–Crippen LogP) is 1.23. The Morgan fingerprint density at radius 3 is 2.33 bits per heavy atom. The van der Waals surface area contributed by atoms with Crippen LogP contribution in [-0.4, -0.2) is 52.3 Å². The number of benzene rings is 1. The van der Waals surface area contributed by atoms with E-state index < -0.39 is 9.84 Å². The quantitative estimate of drug-likeness (QED) is 0.827. The molecule has 0 saturated carbocycles. The first-order valence-corrected chi connectivity index (χ1v) is 7.95. The van der Waals surface area contributed by atoms with Crippen LogP contribution >= 0.6 is 0 Å². The standard InChI is InChI=1S/C13H20N2O2S/c1-3-18(16,17)13-7-5-4-6-12(13)15-10-8-14(2)9-11-15/h4-7H,3,8-11H2,1-2H3. The number of hydrogen-bond acceptors (Lipinski definition) is 4. The van der Waals surface area contributed by atoms with Crippen molar-refractivity contribution in [1.82, 2.24) is 4.90 Å². The van der Waals surface area contributed by atoms with Crippen molar-refractivity contribution < 1.29 is 8.42 Å². The van der Waals surface area contributed by atoms with Gasteiger partial charge in [-0.15, -0.1) is 0 Å². The lowest BCUT2D eigenvalue weighted by molar-refractivity contribution is 0.312. The van der Waals surface area contributed by atoms with Gasteiger partial charge in [0.15, 0.2) is 9.84 Å². The number of likely N-dealkylation sites (N-methyl/N-ethyl adjacent to an activating group) is 1. The molecular formula is C13H20N2O2S. The summed E-state index contributed by atoms with van der Waals surface area (Å²) in [5.74, 6) is 0.151. The van der Waals surface area contributed by atoms with Crippen molar-refractivity contribution in [2.45, 2.75) is 11.8 Å². The zero-order chi connectivity index (χ0) is 13.2. The molecule has 0 atom stereocenters. The van der Waals surface area contributed by atoms with Crippen molar-refractivity contribution in [3.8, 4) is 0 Å². The van der Waals surface area contributed by atoms with Crippen LogP contribution in [0.25, 0.3) is 0 Å². The van der Waals surface area contributed by atoms with Crippen LogP contribution in [-0.2, 0) is 9.84 Å². The summed E-state index contributed by atoms with van der Waals surface area (Å²) in [7, 11) is -1.06. The Bertz CT molecular complexity index is 505. The molecule has 0 radical (unpaired) electrons. The second-order valence-corrected chi connectivity index (χ2v) is 6.91. The fraction of sp³-hybridized carbons (Fsp3) is 0.538. The Morgan fingerprint density at radius 2 is 1.72 bits per heavy atom. The van der Waals surface area contributed by atoms with Crippen LogP contribution in [0, 0.1) is 0 Å². The molecule has 4 nitrogen and oxygen atoms in total. The largest absolute Gasteiger partial charge is 0.368 e. The first-order valence-electron chi connectivity index (χ1n) is 6.30. The summed E-state index contributed by atoms with van der Waals surface area (Å²) in [6, 6.07) is 7.32. The lowest BCUT2D eigenvalue weighted by atomic mass is 10.2. The fourth-order valence-corrected chi connectivity index (χ4v) is 3.30. The molecule has 0 N–H and O–H groups in total. The highest BCUT2D eigenvalue weighted by atomic mass is 32.2. The number of sulfone groups is 1. The third-order valence-electron chi connectivity index (χ3n) is 3.42. The van der Waals surface area contributed by atoms with E-state index in [2.05, 4.69) is 16.8 Å². The van der Waals surface area contributed by atoms with Crippen LogP contribution in [0.15, 0.2) is 29.2 Å². The zero-order valence-corrected chi connectivity index (χ0v) is 11.8. The van der Waals surface area contributed by atoms with Gasteiger partial charge in [0, 0.05) is 26.2 Å². The lowest BCUT2D eigenvalue weighted by Gasteiger charge is -2.34. The maximum atomic E-state index is 12.1. The summed E-state index contributed by atoms with van der Waals surface area (Å²) >= 11 is 0. The lowest BCUT2D eigenvalue weighted by Crippen LogP contribution is -2.44. The Morgan fingerprint density at radius 1 is 1.11 bits per heavy atom. The molecule has 1 aromatic carbocycles. The van der Waals surface area contributed by atoms with Crippen molar-refractivity contribution in [2.24, 2.45) is 0 Å². The van der Waals surface area contributed by atoms with Gasteiger partial charge in [0.05, 0.1) is 16.3 Å². The predicted molar refractivity (Wildman–Crippen MR) is 73.9 cm³/mol. The van der Waals surface area contributed by atoms with E-state index in [9.17, 15) is 8.42 Å². The van der Waals surface area contributed by atoms with E-state index in [0.717, 1.165) is 31.9 Å². The molecule has 1 aliphatic rings. The normalized spacial score (nSPS) is 18.0. The Balaban J connectivity index is 2.34. The van der Waals surface area contributed by atoms with Gasteiger partial charge in [-0.2, -0.15) is 0 Å². The molecule has 100 valence electrons. The molecule has 0 aromatic heterocycles. The van der Waals surface area contributed by atoms with E-state index in [-0.39, 0.29) is 5.75 Å². The molecule has 1 aromatic rings. The van der Waals surface area contributed by atoms with Crippen LogP contribution in [0.2, 0.25) is 0 Å². The summed E-state index contributed by atoms with van der Waals surface area (Å²) in [5, 5.41) is 0. The number of nitrogens with zero attached hydrogens (tertiary/aromatic N) is 2. The maximum Gasteiger partial charge on any atom is 0.180 e. The molecule has 0 bridgehead atoms. The van der Waals surface area contributed by atoms with Crippen LogP contribution in [0.5, 0.6) is 0 Å². The number of anilines is 1. The van der Waals surface area contributed by atoms with E-state index in [1.807, 2.05) is 12.1 Å². The average Bonchev–Trinajstić information content (AvgIpc) is 2.40. The molecule has 1 heterocycles. The van der Waals surface area contributed by atoms with Gasteiger partial charge < -0.3 is 9.80 Å². The van der Waals surface area contributed by atoms with Crippen molar-refractivity contribution in [3.05, 3.63) is 24.3 Å². The Kier molecular flexibility index (Phi) is 3.92. The van der Waals surface area contributed by atoms with Crippen molar-refractivity contribution in [1.29, 1.82) is 0 Å².